The number of hydrogen-bond acceptors (Lipinski definition) is 4. The molecule has 18 heavy (non-hydrogen) atoms. The second-order valence-corrected chi connectivity index (χ2v) is 9.92. The predicted molar refractivity (Wildman–Crippen MR) is 80.9 cm³/mol. The van der Waals surface area contributed by atoms with Crippen molar-refractivity contribution < 1.29 is 19.1 Å². The van der Waals surface area contributed by atoms with Crippen LogP contribution in [0.3, 0.4) is 0 Å². The molecule has 4 nitrogen and oxygen atoms in total. The van der Waals surface area contributed by atoms with Crippen molar-refractivity contribution in [3.8, 4) is 0 Å². The number of methoxy groups -OCH3 is 2. The summed E-state index contributed by atoms with van der Waals surface area (Å²) < 4.78 is 9.75. The number of alkyl halides is 2. The molecule has 6 heteroatoms. The molecule has 4 atom stereocenters. The van der Waals surface area contributed by atoms with Gasteiger partial charge < -0.3 is 9.47 Å². The summed E-state index contributed by atoms with van der Waals surface area (Å²) in [6.07, 6.45) is 2.97. The number of halogens is 2. The Morgan fingerprint density at radius 1 is 0.833 bits per heavy atom. The zero-order valence-corrected chi connectivity index (χ0v) is 14.5. The molecule has 0 aromatic heterocycles. The van der Waals surface area contributed by atoms with Gasteiger partial charge in [0.05, 0.1) is 25.0 Å². The molecule has 0 aromatic rings. The van der Waals surface area contributed by atoms with E-state index >= 15 is 0 Å². The lowest BCUT2D eigenvalue weighted by Gasteiger charge is -2.32. The van der Waals surface area contributed by atoms with Gasteiger partial charge in [0.25, 0.3) is 0 Å². The molecule has 0 amide bonds. The monoisotopic (exact) mass is 476 g/mol. The van der Waals surface area contributed by atoms with Gasteiger partial charge >= 0.3 is 11.9 Å². The summed E-state index contributed by atoms with van der Waals surface area (Å²) >= 11 is 4.77. The van der Waals surface area contributed by atoms with Crippen LogP contribution in [0.1, 0.15) is 25.7 Å². The molecule has 0 N–H and O–H groups in total. The van der Waals surface area contributed by atoms with Gasteiger partial charge in [-0.3, -0.25) is 9.59 Å². The van der Waals surface area contributed by atoms with Crippen LogP contribution in [0.25, 0.3) is 0 Å². The topological polar surface area (TPSA) is 52.6 Å². The Balaban J connectivity index is 2.13. The smallest absolute Gasteiger partial charge is 0.313 e. The first kappa shape index (κ1) is 13.4. The second kappa shape index (κ2) is 3.53. The average Bonchev–Trinajstić information content (AvgIpc) is 2.87. The van der Waals surface area contributed by atoms with E-state index in [0.29, 0.717) is 6.42 Å². The van der Waals surface area contributed by atoms with Gasteiger partial charge in [-0.1, -0.05) is 45.2 Å². The van der Waals surface area contributed by atoms with Crippen molar-refractivity contribution in [3.05, 3.63) is 0 Å². The van der Waals surface area contributed by atoms with E-state index in [-0.39, 0.29) is 18.8 Å². The van der Waals surface area contributed by atoms with Crippen LogP contribution in [0.4, 0.5) is 0 Å². The van der Waals surface area contributed by atoms with Gasteiger partial charge in [0, 0.05) is 6.84 Å². The van der Waals surface area contributed by atoms with E-state index in [1.807, 2.05) is 0 Å². The Morgan fingerprint density at radius 2 is 1.22 bits per heavy atom. The minimum absolute atomic E-state index is 0.146. The van der Waals surface area contributed by atoms with Gasteiger partial charge in [-0.05, 0) is 25.7 Å². The molecule has 0 aliphatic heterocycles. The largest absolute Gasteiger partial charge is 0.469 e. The summed E-state index contributed by atoms with van der Waals surface area (Å²) in [5.41, 5.74) is -0.977. The summed E-state index contributed by atoms with van der Waals surface area (Å²) in [6.45, 7) is 0. The van der Waals surface area contributed by atoms with E-state index in [9.17, 15) is 9.59 Å². The van der Waals surface area contributed by atoms with Crippen molar-refractivity contribution in [1.82, 2.24) is 0 Å². The lowest BCUT2D eigenvalue weighted by molar-refractivity contribution is -0.153. The Hall–Kier alpha value is 0.400. The van der Waals surface area contributed by atoms with Crippen LogP contribution in [-0.2, 0) is 19.1 Å². The van der Waals surface area contributed by atoms with E-state index in [1.54, 1.807) is 0 Å². The van der Waals surface area contributed by atoms with Crippen molar-refractivity contribution in [2.75, 3.05) is 14.2 Å². The average molecular weight is 476 g/mol. The van der Waals surface area contributed by atoms with Crippen LogP contribution in [0, 0.1) is 10.8 Å². The fourth-order valence-corrected chi connectivity index (χ4v) is 9.06. The summed E-state index contributed by atoms with van der Waals surface area (Å²) in [4.78, 5) is 24.5. The van der Waals surface area contributed by atoms with Crippen LogP contribution >= 0.6 is 45.2 Å². The number of rotatable bonds is 2. The third-order valence-electron chi connectivity index (χ3n) is 5.20. The van der Waals surface area contributed by atoms with Crippen LogP contribution in [-0.4, -0.2) is 33.0 Å². The summed E-state index contributed by atoms with van der Waals surface area (Å²) in [5.74, 6) is -0.308. The minimum Gasteiger partial charge on any atom is -0.469 e. The number of ether oxygens (including phenoxy) is 2. The maximum atomic E-state index is 12.2. The molecule has 4 aliphatic carbocycles. The molecule has 0 radical (unpaired) electrons. The van der Waals surface area contributed by atoms with Gasteiger partial charge in [0.1, 0.15) is 0 Å². The molecule has 4 bridgehead atoms. The molecule has 100 valence electrons. The molecule has 4 aliphatic rings. The second-order valence-electron chi connectivity index (χ2n) is 5.79. The molecule has 0 saturated heterocycles. The summed E-state index contributed by atoms with van der Waals surface area (Å²) in [6, 6.07) is 0. The van der Waals surface area contributed by atoms with Crippen molar-refractivity contribution >= 4 is 57.1 Å². The van der Waals surface area contributed by atoms with Crippen molar-refractivity contribution in [2.24, 2.45) is 10.8 Å². The van der Waals surface area contributed by atoms with E-state index in [4.69, 9.17) is 9.47 Å². The van der Waals surface area contributed by atoms with Gasteiger partial charge in [-0.25, -0.2) is 0 Å². The molecule has 0 spiro atoms. The van der Waals surface area contributed by atoms with Crippen LogP contribution in [0.5, 0.6) is 0 Å². The third kappa shape index (κ3) is 1.14. The molecular weight excluding hydrogens is 462 g/mol. The highest BCUT2D eigenvalue weighted by molar-refractivity contribution is 14.1. The Kier molecular flexibility index (Phi) is 2.63. The van der Waals surface area contributed by atoms with Crippen molar-refractivity contribution in [1.29, 1.82) is 0 Å². The first-order valence-corrected chi connectivity index (χ1v) is 8.00. The number of hydrogen-bond donors (Lipinski definition) is 0. The maximum Gasteiger partial charge on any atom is 0.313 e. The fraction of sp³-hybridized carbons (Fsp3) is 0.833. The van der Waals surface area contributed by atoms with Crippen molar-refractivity contribution in [3.63, 3.8) is 0 Å². The fourth-order valence-electron chi connectivity index (χ4n) is 4.52. The molecule has 0 aromatic carbocycles. The highest BCUT2D eigenvalue weighted by atomic mass is 127. The van der Waals surface area contributed by atoms with Crippen LogP contribution in [0.2, 0.25) is 0 Å². The molecular formula is C12H14I2O4. The lowest BCUT2D eigenvalue weighted by atomic mass is 9.80. The number of carbonyl (C=O) groups excluding carboxylic acids is 2. The SMILES string of the molecule is COC(=O)C12CC3(I)CC1(I)CC3(C(=O)OC)C2. The highest BCUT2D eigenvalue weighted by Crippen LogP contribution is 2.84. The number of esters is 2. The predicted octanol–water partition coefficient (Wildman–Crippen LogP) is 2.25. The Morgan fingerprint density at radius 3 is 1.50 bits per heavy atom. The van der Waals surface area contributed by atoms with Gasteiger partial charge in [-0.15, -0.1) is 0 Å². The first-order chi connectivity index (χ1) is 8.29. The summed E-state index contributed by atoms with van der Waals surface area (Å²) in [5, 5.41) is 0. The van der Waals surface area contributed by atoms with Crippen LogP contribution < -0.4 is 0 Å². The van der Waals surface area contributed by atoms with Gasteiger partial charge in [-0.2, -0.15) is 0 Å². The van der Waals surface area contributed by atoms with E-state index in [1.165, 1.54) is 14.2 Å². The van der Waals surface area contributed by atoms with E-state index < -0.39 is 10.8 Å². The van der Waals surface area contributed by atoms with E-state index in [2.05, 4.69) is 45.2 Å². The summed E-state index contributed by atoms with van der Waals surface area (Å²) in [7, 11) is 2.87. The Labute approximate surface area is 133 Å². The number of carbonyl (C=O) groups is 2. The highest BCUT2D eigenvalue weighted by Gasteiger charge is 2.87. The molecule has 4 unspecified atom stereocenters. The molecule has 4 saturated carbocycles. The zero-order valence-electron chi connectivity index (χ0n) is 10.2. The third-order valence-corrected chi connectivity index (χ3v) is 8.79. The molecule has 0 heterocycles. The maximum absolute atomic E-state index is 12.2. The minimum atomic E-state index is -0.488. The van der Waals surface area contributed by atoms with Crippen molar-refractivity contribution in [2.45, 2.75) is 32.5 Å². The molecule has 4 fully saturated rings. The van der Waals surface area contributed by atoms with Crippen LogP contribution in [0.15, 0.2) is 0 Å². The first-order valence-electron chi connectivity index (χ1n) is 5.84. The quantitative estimate of drug-likeness (QED) is 0.349. The standard InChI is InChI=1S/C12H14I2O4/c1-17-7(15)9-3-10(8(16)18-2)5-11(9,13)6-12(10,14)4-9/h3-6H2,1-2H3. The van der Waals surface area contributed by atoms with Gasteiger partial charge in [0.15, 0.2) is 0 Å². The zero-order chi connectivity index (χ0) is 13.4. The van der Waals surface area contributed by atoms with E-state index in [0.717, 1.165) is 19.3 Å². The molecule has 4 rings (SSSR count). The normalized spacial score (nSPS) is 51.8. The Bertz CT molecular complexity index is 427. The lowest BCUT2D eigenvalue weighted by Crippen LogP contribution is -2.41. The van der Waals surface area contributed by atoms with Gasteiger partial charge in [0.2, 0.25) is 0 Å².